The van der Waals surface area contributed by atoms with E-state index in [0.29, 0.717) is 5.56 Å². The van der Waals surface area contributed by atoms with Crippen molar-refractivity contribution in [1.29, 1.82) is 0 Å². The van der Waals surface area contributed by atoms with Crippen LogP contribution in [0, 0.1) is 5.82 Å². The molecule has 0 amide bonds. The third kappa shape index (κ3) is 3.61. The summed E-state index contributed by atoms with van der Waals surface area (Å²) >= 11 is 3.41. The summed E-state index contributed by atoms with van der Waals surface area (Å²) in [5.74, 6) is -0.198. The monoisotopic (exact) mass is 322 g/mol. The van der Waals surface area contributed by atoms with Crippen molar-refractivity contribution in [3.63, 3.8) is 0 Å². The maximum atomic E-state index is 14.0. The predicted octanol–water partition coefficient (Wildman–Crippen LogP) is 4.07. The Morgan fingerprint density at radius 3 is 2.79 bits per heavy atom. The van der Waals surface area contributed by atoms with Gasteiger partial charge >= 0.3 is 0 Å². The van der Waals surface area contributed by atoms with Crippen LogP contribution in [0.4, 0.5) is 4.39 Å². The minimum absolute atomic E-state index is 0.175. The van der Waals surface area contributed by atoms with Crippen LogP contribution < -0.4 is 5.32 Å². The fraction of sp³-hybridized carbons (Fsp3) is 0.267. The van der Waals surface area contributed by atoms with Crippen molar-refractivity contribution in [3.8, 4) is 0 Å². The van der Waals surface area contributed by atoms with E-state index < -0.39 is 0 Å². The zero-order chi connectivity index (χ0) is 13.7. The standard InChI is InChI=1S/C15H16BrFN2/c1-2-7-19-15(11-8-12(16)10-18-9-11)13-5-3-4-6-14(13)17/h3-6,8-10,15,19H,2,7H2,1H3. The first kappa shape index (κ1) is 14.2. The van der Waals surface area contributed by atoms with Crippen molar-refractivity contribution < 1.29 is 4.39 Å². The van der Waals surface area contributed by atoms with Crippen LogP contribution in [0.25, 0.3) is 0 Å². The van der Waals surface area contributed by atoms with Crippen molar-refractivity contribution in [2.45, 2.75) is 19.4 Å². The number of nitrogens with zero attached hydrogens (tertiary/aromatic N) is 1. The Hall–Kier alpha value is -1.26. The number of hydrogen-bond acceptors (Lipinski definition) is 2. The third-order valence-corrected chi connectivity index (χ3v) is 3.31. The lowest BCUT2D eigenvalue weighted by Gasteiger charge is -2.20. The summed E-state index contributed by atoms with van der Waals surface area (Å²) in [6.07, 6.45) is 4.48. The lowest BCUT2D eigenvalue weighted by molar-refractivity contribution is 0.546. The highest BCUT2D eigenvalue weighted by atomic mass is 79.9. The molecule has 2 aromatic rings. The predicted molar refractivity (Wildman–Crippen MR) is 78.5 cm³/mol. The molecule has 1 unspecified atom stereocenters. The van der Waals surface area contributed by atoms with E-state index in [0.717, 1.165) is 23.0 Å². The molecule has 0 aliphatic heterocycles. The minimum atomic E-state index is -0.198. The highest BCUT2D eigenvalue weighted by molar-refractivity contribution is 9.10. The van der Waals surface area contributed by atoms with Gasteiger partial charge in [0.2, 0.25) is 0 Å². The molecular weight excluding hydrogens is 307 g/mol. The first-order valence-corrected chi connectivity index (χ1v) is 7.10. The highest BCUT2D eigenvalue weighted by Gasteiger charge is 2.17. The highest BCUT2D eigenvalue weighted by Crippen LogP contribution is 2.25. The Labute approximate surface area is 121 Å². The molecule has 0 aliphatic rings. The SMILES string of the molecule is CCCNC(c1cncc(Br)c1)c1ccccc1F. The second-order valence-electron chi connectivity index (χ2n) is 4.35. The van der Waals surface area contributed by atoms with E-state index in [1.165, 1.54) is 6.07 Å². The van der Waals surface area contributed by atoms with E-state index in [1.807, 2.05) is 18.2 Å². The molecule has 4 heteroatoms. The van der Waals surface area contributed by atoms with E-state index in [9.17, 15) is 4.39 Å². The van der Waals surface area contributed by atoms with Crippen LogP contribution in [0.1, 0.15) is 30.5 Å². The Balaban J connectivity index is 2.38. The van der Waals surface area contributed by atoms with Gasteiger partial charge in [-0.1, -0.05) is 25.1 Å². The van der Waals surface area contributed by atoms with E-state index >= 15 is 0 Å². The molecule has 0 saturated carbocycles. The number of aromatic nitrogens is 1. The van der Waals surface area contributed by atoms with Crippen LogP contribution in [0.3, 0.4) is 0 Å². The maximum absolute atomic E-state index is 14.0. The van der Waals surface area contributed by atoms with Gasteiger partial charge in [0.1, 0.15) is 5.82 Å². The molecule has 0 radical (unpaired) electrons. The van der Waals surface area contributed by atoms with Gasteiger partial charge in [-0.15, -0.1) is 0 Å². The topological polar surface area (TPSA) is 24.9 Å². The number of pyridine rings is 1. The van der Waals surface area contributed by atoms with Crippen molar-refractivity contribution in [3.05, 3.63) is 64.1 Å². The van der Waals surface area contributed by atoms with Crippen LogP contribution in [0.5, 0.6) is 0 Å². The zero-order valence-corrected chi connectivity index (χ0v) is 12.3. The zero-order valence-electron chi connectivity index (χ0n) is 10.7. The maximum Gasteiger partial charge on any atom is 0.128 e. The smallest absolute Gasteiger partial charge is 0.128 e. The molecule has 1 aromatic heterocycles. The van der Waals surface area contributed by atoms with Gasteiger partial charge in [-0.3, -0.25) is 4.98 Å². The number of hydrogen-bond donors (Lipinski definition) is 1. The fourth-order valence-electron chi connectivity index (χ4n) is 1.99. The first-order valence-electron chi connectivity index (χ1n) is 6.30. The van der Waals surface area contributed by atoms with E-state index in [1.54, 1.807) is 18.5 Å². The molecule has 1 heterocycles. The molecule has 1 N–H and O–H groups in total. The fourth-order valence-corrected chi connectivity index (χ4v) is 2.37. The first-order chi connectivity index (χ1) is 9.22. The van der Waals surface area contributed by atoms with Gasteiger partial charge in [0.15, 0.2) is 0 Å². The largest absolute Gasteiger partial charge is 0.306 e. The summed E-state index contributed by atoms with van der Waals surface area (Å²) in [5.41, 5.74) is 1.60. The molecule has 100 valence electrons. The van der Waals surface area contributed by atoms with Crippen LogP contribution >= 0.6 is 15.9 Å². The Kier molecular flexibility index (Phi) is 5.05. The van der Waals surface area contributed by atoms with Gasteiger partial charge in [0.25, 0.3) is 0 Å². The number of halogens is 2. The van der Waals surface area contributed by atoms with Crippen LogP contribution in [0.2, 0.25) is 0 Å². The number of benzene rings is 1. The van der Waals surface area contributed by atoms with Crippen molar-refractivity contribution in [1.82, 2.24) is 10.3 Å². The Bertz CT molecular complexity index is 545. The summed E-state index contributed by atoms with van der Waals surface area (Å²) in [5, 5.41) is 3.37. The Morgan fingerprint density at radius 1 is 1.32 bits per heavy atom. The molecule has 0 saturated heterocycles. The lowest BCUT2D eigenvalue weighted by atomic mass is 9.99. The second-order valence-corrected chi connectivity index (χ2v) is 5.26. The summed E-state index contributed by atoms with van der Waals surface area (Å²) in [6, 6.07) is 8.64. The second kappa shape index (κ2) is 6.78. The van der Waals surface area contributed by atoms with Gasteiger partial charge in [0, 0.05) is 22.4 Å². The van der Waals surface area contributed by atoms with Crippen LogP contribution in [0.15, 0.2) is 47.2 Å². The summed E-state index contributed by atoms with van der Waals surface area (Å²) in [6.45, 7) is 2.91. The van der Waals surface area contributed by atoms with Gasteiger partial charge in [0.05, 0.1) is 6.04 Å². The summed E-state index contributed by atoms with van der Waals surface area (Å²) in [4.78, 5) is 4.16. The molecule has 1 aromatic carbocycles. The van der Waals surface area contributed by atoms with Crippen LogP contribution in [-0.4, -0.2) is 11.5 Å². The van der Waals surface area contributed by atoms with Gasteiger partial charge in [-0.2, -0.15) is 0 Å². The minimum Gasteiger partial charge on any atom is -0.306 e. The average Bonchev–Trinajstić information content (AvgIpc) is 2.41. The van der Waals surface area contributed by atoms with Crippen molar-refractivity contribution in [2.75, 3.05) is 6.54 Å². The molecule has 0 bridgehead atoms. The molecule has 2 nitrogen and oxygen atoms in total. The van der Waals surface area contributed by atoms with Gasteiger partial charge < -0.3 is 5.32 Å². The Morgan fingerprint density at radius 2 is 2.11 bits per heavy atom. The quantitative estimate of drug-likeness (QED) is 0.897. The third-order valence-electron chi connectivity index (χ3n) is 2.87. The van der Waals surface area contributed by atoms with Crippen molar-refractivity contribution in [2.24, 2.45) is 0 Å². The van der Waals surface area contributed by atoms with Gasteiger partial charge in [-0.05, 0) is 46.6 Å². The molecular formula is C15H16BrFN2. The van der Waals surface area contributed by atoms with E-state index in [2.05, 4.69) is 33.2 Å². The average molecular weight is 323 g/mol. The van der Waals surface area contributed by atoms with Gasteiger partial charge in [-0.25, -0.2) is 4.39 Å². The molecule has 0 fully saturated rings. The van der Waals surface area contributed by atoms with E-state index in [4.69, 9.17) is 0 Å². The molecule has 2 rings (SSSR count). The number of rotatable bonds is 5. The summed E-state index contributed by atoms with van der Waals surface area (Å²) < 4.78 is 14.9. The molecule has 19 heavy (non-hydrogen) atoms. The molecule has 0 aliphatic carbocycles. The van der Waals surface area contributed by atoms with Crippen molar-refractivity contribution >= 4 is 15.9 Å². The van der Waals surface area contributed by atoms with E-state index in [-0.39, 0.29) is 11.9 Å². The molecule has 0 spiro atoms. The molecule has 1 atom stereocenters. The normalized spacial score (nSPS) is 12.4. The van der Waals surface area contributed by atoms with Crippen LogP contribution in [-0.2, 0) is 0 Å². The number of nitrogens with one attached hydrogen (secondary N) is 1. The summed E-state index contributed by atoms with van der Waals surface area (Å²) in [7, 11) is 0. The lowest BCUT2D eigenvalue weighted by Crippen LogP contribution is -2.24.